The van der Waals surface area contributed by atoms with Gasteiger partial charge >= 0.3 is 0 Å². The largest absolute Gasteiger partial charge is 0.291 e. The van der Waals surface area contributed by atoms with Crippen molar-refractivity contribution < 1.29 is 0 Å². The van der Waals surface area contributed by atoms with Gasteiger partial charge in [0, 0.05) is 29.4 Å². The van der Waals surface area contributed by atoms with Crippen LogP contribution >= 0.6 is 11.9 Å². The van der Waals surface area contributed by atoms with Crippen LogP contribution in [0.4, 0.5) is 0 Å². The first kappa shape index (κ1) is 8.80. The van der Waals surface area contributed by atoms with Gasteiger partial charge in [-0.15, -0.1) is 0 Å². The monoisotopic (exact) mass is 214 g/mol. The van der Waals surface area contributed by atoms with Gasteiger partial charge < -0.3 is 0 Å². The van der Waals surface area contributed by atoms with Crippen LogP contribution in [0.25, 0.3) is 21.8 Å². The molecule has 0 aliphatic heterocycles. The Labute approximate surface area is 92.1 Å². The molecule has 3 aromatic rings. The van der Waals surface area contributed by atoms with E-state index in [4.69, 9.17) is 0 Å². The van der Waals surface area contributed by atoms with Gasteiger partial charge in [-0.1, -0.05) is 6.07 Å². The number of benzene rings is 1. The van der Waals surface area contributed by atoms with Crippen molar-refractivity contribution in [1.82, 2.24) is 8.96 Å². The summed E-state index contributed by atoms with van der Waals surface area (Å²) in [6, 6.07) is 10.4. The second-order valence-electron chi connectivity index (χ2n) is 3.40. The molecule has 0 amide bonds. The average molecular weight is 214 g/mol. The standard InChI is InChI=1S/C12H10N2S/c1-15-14-8-6-9-4-5-11-10(12(9)14)3-2-7-13-11/h2-8H,1H3. The van der Waals surface area contributed by atoms with Crippen LogP contribution in [0.5, 0.6) is 0 Å². The van der Waals surface area contributed by atoms with E-state index in [1.807, 2.05) is 12.3 Å². The van der Waals surface area contributed by atoms with Gasteiger partial charge in [0.15, 0.2) is 0 Å². The second kappa shape index (κ2) is 3.28. The third-order valence-corrected chi connectivity index (χ3v) is 3.29. The van der Waals surface area contributed by atoms with Crippen LogP contribution in [0.15, 0.2) is 42.7 Å². The fourth-order valence-electron chi connectivity index (χ4n) is 1.91. The number of fused-ring (bicyclic) bond motifs is 3. The molecule has 3 rings (SSSR count). The lowest BCUT2D eigenvalue weighted by molar-refractivity contribution is 1.36. The highest BCUT2D eigenvalue weighted by Crippen LogP contribution is 2.27. The maximum absolute atomic E-state index is 4.36. The van der Waals surface area contributed by atoms with E-state index in [0.717, 1.165) is 5.52 Å². The molecule has 0 radical (unpaired) electrons. The summed E-state index contributed by atoms with van der Waals surface area (Å²) in [5, 5.41) is 2.49. The highest BCUT2D eigenvalue weighted by molar-refractivity contribution is 7.97. The second-order valence-corrected chi connectivity index (χ2v) is 4.16. The number of hydrogen-bond donors (Lipinski definition) is 0. The lowest BCUT2D eigenvalue weighted by Gasteiger charge is -2.03. The molecule has 15 heavy (non-hydrogen) atoms. The molecule has 0 aliphatic carbocycles. The van der Waals surface area contributed by atoms with Gasteiger partial charge in [0.2, 0.25) is 0 Å². The van der Waals surface area contributed by atoms with Crippen molar-refractivity contribution in [3.05, 3.63) is 42.7 Å². The Balaban J connectivity index is 2.56. The zero-order valence-electron chi connectivity index (χ0n) is 8.34. The molecule has 1 aromatic carbocycles. The maximum Gasteiger partial charge on any atom is 0.0723 e. The van der Waals surface area contributed by atoms with Crippen molar-refractivity contribution in [2.75, 3.05) is 6.26 Å². The predicted molar refractivity (Wildman–Crippen MR) is 66.2 cm³/mol. The molecule has 2 heterocycles. The first-order valence-corrected chi connectivity index (χ1v) is 5.97. The molecule has 0 saturated carbocycles. The minimum absolute atomic E-state index is 1.05. The van der Waals surface area contributed by atoms with Gasteiger partial charge in [-0.25, -0.2) is 0 Å². The molecule has 3 heteroatoms. The van der Waals surface area contributed by atoms with Gasteiger partial charge in [0.25, 0.3) is 0 Å². The molecule has 0 N–H and O–H groups in total. The van der Waals surface area contributed by atoms with E-state index >= 15 is 0 Å². The van der Waals surface area contributed by atoms with Crippen molar-refractivity contribution in [3.8, 4) is 0 Å². The van der Waals surface area contributed by atoms with Crippen LogP contribution in [0.1, 0.15) is 0 Å². The number of pyridine rings is 1. The molecule has 0 saturated heterocycles. The molecule has 0 bridgehead atoms. The van der Waals surface area contributed by atoms with E-state index in [1.165, 1.54) is 16.3 Å². The third kappa shape index (κ3) is 1.23. The predicted octanol–water partition coefficient (Wildman–Crippen LogP) is 3.32. The Bertz CT molecular complexity index is 628. The first-order valence-electron chi connectivity index (χ1n) is 4.79. The molecular weight excluding hydrogens is 204 g/mol. The molecule has 74 valence electrons. The molecule has 2 aromatic heterocycles. The highest BCUT2D eigenvalue weighted by Gasteiger charge is 2.04. The minimum atomic E-state index is 1.05. The Morgan fingerprint density at radius 3 is 3.00 bits per heavy atom. The summed E-state index contributed by atoms with van der Waals surface area (Å²) in [5.74, 6) is 0. The third-order valence-electron chi connectivity index (χ3n) is 2.59. The summed E-state index contributed by atoms with van der Waals surface area (Å²) in [6.07, 6.45) is 6.01. The van der Waals surface area contributed by atoms with Crippen molar-refractivity contribution in [2.45, 2.75) is 0 Å². The minimum Gasteiger partial charge on any atom is -0.291 e. The molecule has 0 unspecified atom stereocenters. The van der Waals surface area contributed by atoms with E-state index in [2.05, 4.69) is 45.7 Å². The Morgan fingerprint density at radius 1 is 1.20 bits per heavy atom. The van der Waals surface area contributed by atoms with Gasteiger partial charge in [-0.2, -0.15) is 0 Å². The van der Waals surface area contributed by atoms with Gasteiger partial charge in [-0.05, 0) is 36.2 Å². The van der Waals surface area contributed by atoms with Crippen molar-refractivity contribution in [3.63, 3.8) is 0 Å². The molecule has 0 atom stereocenters. The topological polar surface area (TPSA) is 17.8 Å². The number of aromatic nitrogens is 2. The Hall–Kier alpha value is -1.48. The van der Waals surface area contributed by atoms with E-state index in [0.29, 0.717) is 0 Å². The molecule has 0 spiro atoms. The number of rotatable bonds is 1. The lowest BCUT2D eigenvalue weighted by atomic mass is 10.1. The first-order chi connectivity index (χ1) is 7.40. The summed E-state index contributed by atoms with van der Waals surface area (Å²) in [5.41, 5.74) is 2.31. The van der Waals surface area contributed by atoms with Crippen molar-refractivity contribution in [2.24, 2.45) is 0 Å². The number of nitrogens with zero attached hydrogens (tertiary/aromatic N) is 2. The normalized spacial score (nSPS) is 11.3. The fraction of sp³-hybridized carbons (Fsp3) is 0.0833. The van der Waals surface area contributed by atoms with Crippen LogP contribution in [0, 0.1) is 0 Å². The van der Waals surface area contributed by atoms with Crippen molar-refractivity contribution >= 4 is 33.8 Å². The summed E-state index contributed by atoms with van der Waals surface area (Å²) in [7, 11) is 0. The lowest BCUT2D eigenvalue weighted by Crippen LogP contribution is -1.84. The number of hydrogen-bond acceptors (Lipinski definition) is 2. The average Bonchev–Trinajstić information content (AvgIpc) is 2.72. The highest BCUT2D eigenvalue weighted by atomic mass is 32.2. The van der Waals surface area contributed by atoms with Crippen molar-refractivity contribution in [1.29, 1.82) is 0 Å². The summed E-state index contributed by atoms with van der Waals surface area (Å²) in [4.78, 5) is 4.36. The Kier molecular flexibility index (Phi) is 1.92. The van der Waals surface area contributed by atoms with Crippen LogP contribution < -0.4 is 0 Å². The van der Waals surface area contributed by atoms with Crippen LogP contribution in [0.3, 0.4) is 0 Å². The van der Waals surface area contributed by atoms with E-state index in [-0.39, 0.29) is 0 Å². The molecule has 0 fully saturated rings. The molecule has 2 nitrogen and oxygen atoms in total. The van der Waals surface area contributed by atoms with Gasteiger partial charge in [0.05, 0.1) is 11.0 Å². The van der Waals surface area contributed by atoms with Crippen LogP contribution in [0.2, 0.25) is 0 Å². The zero-order chi connectivity index (χ0) is 10.3. The Morgan fingerprint density at radius 2 is 2.13 bits per heavy atom. The molecular formula is C12H10N2S. The van der Waals surface area contributed by atoms with E-state index < -0.39 is 0 Å². The maximum atomic E-state index is 4.36. The van der Waals surface area contributed by atoms with Gasteiger partial charge in [-0.3, -0.25) is 8.96 Å². The van der Waals surface area contributed by atoms with E-state index in [9.17, 15) is 0 Å². The SMILES string of the molecule is CSn1ccc2ccc3ncccc3c21. The van der Waals surface area contributed by atoms with Crippen LogP contribution in [-0.2, 0) is 0 Å². The summed E-state index contributed by atoms with van der Waals surface area (Å²) >= 11 is 1.71. The van der Waals surface area contributed by atoms with Gasteiger partial charge in [0.1, 0.15) is 0 Å². The quantitative estimate of drug-likeness (QED) is 0.618. The smallest absolute Gasteiger partial charge is 0.0723 e. The summed E-state index contributed by atoms with van der Waals surface area (Å²) < 4.78 is 2.18. The van der Waals surface area contributed by atoms with E-state index in [1.54, 1.807) is 11.9 Å². The molecule has 0 aliphatic rings. The summed E-state index contributed by atoms with van der Waals surface area (Å²) in [6.45, 7) is 0. The zero-order valence-corrected chi connectivity index (χ0v) is 9.16. The van der Waals surface area contributed by atoms with Crippen LogP contribution in [-0.4, -0.2) is 15.2 Å². The fourth-order valence-corrected chi connectivity index (χ4v) is 2.48.